The lowest BCUT2D eigenvalue weighted by Gasteiger charge is -2.12. The molecule has 0 radical (unpaired) electrons. The van der Waals surface area contributed by atoms with Gasteiger partial charge in [0.1, 0.15) is 11.4 Å². The topological polar surface area (TPSA) is 98.1 Å². The summed E-state index contributed by atoms with van der Waals surface area (Å²) in [6.07, 6.45) is -1.63. The molecule has 2 heterocycles. The Morgan fingerprint density at radius 2 is 1.90 bits per heavy atom. The second-order valence-corrected chi connectivity index (χ2v) is 6.81. The third kappa shape index (κ3) is 5.93. The molecule has 0 unspecified atom stereocenters. The van der Waals surface area contributed by atoms with Gasteiger partial charge in [-0.05, 0) is 30.2 Å². The molecule has 11 heteroatoms. The zero-order valence-corrected chi connectivity index (χ0v) is 16.8. The van der Waals surface area contributed by atoms with Crippen molar-refractivity contribution in [1.82, 2.24) is 25.4 Å². The first-order valence-corrected chi connectivity index (χ1v) is 9.32. The molecule has 3 aromatic rings. The van der Waals surface area contributed by atoms with E-state index in [4.69, 9.17) is 0 Å². The Morgan fingerprint density at radius 1 is 1.16 bits per heavy atom. The zero-order valence-electron chi connectivity index (χ0n) is 16.8. The van der Waals surface area contributed by atoms with Crippen LogP contribution in [0.4, 0.5) is 13.2 Å². The van der Waals surface area contributed by atoms with E-state index >= 15 is 0 Å². The summed E-state index contributed by atoms with van der Waals surface area (Å²) in [5.41, 5.74) is 1.80. The van der Waals surface area contributed by atoms with Crippen LogP contribution < -0.4 is 15.4 Å². The number of fused-ring (bicyclic) bond motifs is 1. The molecule has 2 aromatic heterocycles. The fraction of sp³-hybridized carbons (Fsp3) is 0.300. The van der Waals surface area contributed by atoms with Crippen molar-refractivity contribution >= 4 is 22.7 Å². The number of carbonyl (C=O) groups is 2. The van der Waals surface area contributed by atoms with Gasteiger partial charge in [0, 0.05) is 32.4 Å². The number of benzene rings is 1. The Morgan fingerprint density at radius 3 is 2.58 bits per heavy atom. The maximum atomic E-state index is 12.4. The summed E-state index contributed by atoms with van der Waals surface area (Å²) in [5, 5.41) is 10.2. The van der Waals surface area contributed by atoms with Crippen LogP contribution in [0.1, 0.15) is 28.5 Å². The number of aryl methyl sites for hydroxylation is 1. The maximum Gasteiger partial charge on any atom is 0.573 e. The number of amides is 2. The van der Waals surface area contributed by atoms with E-state index in [9.17, 15) is 22.8 Å². The number of carbonyl (C=O) groups excluding carboxylic acids is 2. The number of halogens is 3. The van der Waals surface area contributed by atoms with Gasteiger partial charge in [-0.3, -0.25) is 19.3 Å². The number of hydrogen-bond acceptors (Lipinski definition) is 5. The third-order valence-electron chi connectivity index (χ3n) is 4.29. The van der Waals surface area contributed by atoms with Crippen LogP contribution >= 0.6 is 0 Å². The molecular weight excluding hydrogens is 415 g/mol. The van der Waals surface area contributed by atoms with E-state index in [1.807, 2.05) is 0 Å². The summed E-state index contributed by atoms with van der Waals surface area (Å²) < 4.78 is 42.9. The minimum absolute atomic E-state index is 0.191. The second-order valence-electron chi connectivity index (χ2n) is 6.81. The SMILES string of the molecule is CC(=O)NCCNC(=O)c1nccc2nn(Cc3ccc(OC(F)(F)F)c(C)c3)cc12. The molecule has 0 aliphatic carbocycles. The summed E-state index contributed by atoms with van der Waals surface area (Å²) in [6, 6.07) is 6.03. The number of nitrogens with zero attached hydrogens (tertiary/aromatic N) is 3. The largest absolute Gasteiger partial charge is 0.573 e. The van der Waals surface area contributed by atoms with Gasteiger partial charge in [0.2, 0.25) is 5.91 Å². The Hall–Kier alpha value is -3.63. The lowest BCUT2D eigenvalue weighted by molar-refractivity contribution is -0.274. The number of ether oxygens (including phenoxy) is 1. The van der Waals surface area contributed by atoms with E-state index in [1.54, 1.807) is 23.0 Å². The number of rotatable bonds is 7. The fourth-order valence-corrected chi connectivity index (χ4v) is 2.99. The highest BCUT2D eigenvalue weighted by atomic mass is 19.4. The van der Waals surface area contributed by atoms with E-state index in [0.717, 1.165) is 0 Å². The van der Waals surface area contributed by atoms with Gasteiger partial charge >= 0.3 is 6.36 Å². The zero-order chi connectivity index (χ0) is 22.6. The van der Waals surface area contributed by atoms with Crippen LogP contribution in [-0.2, 0) is 11.3 Å². The summed E-state index contributed by atoms with van der Waals surface area (Å²) in [4.78, 5) is 27.4. The monoisotopic (exact) mass is 435 g/mol. The first-order chi connectivity index (χ1) is 14.6. The predicted octanol–water partition coefficient (Wildman–Crippen LogP) is 2.55. The first-order valence-electron chi connectivity index (χ1n) is 9.32. The molecule has 0 saturated heterocycles. The van der Waals surface area contributed by atoms with Crippen molar-refractivity contribution in [3.63, 3.8) is 0 Å². The Kier molecular flexibility index (Phi) is 6.42. The quantitative estimate of drug-likeness (QED) is 0.556. The molecule has 164 valence electrons. The molecule has 3 rings (SSSR count). The second kappa shape index (κ2) is 9.02. The van der Waals surface area contributed by atoms with Crippen molar-refractivity contribution in [2.75, 3.05) is 13.1 Å². The first kappa shape index (κ1) is 22.1. The molecule has 0 spiro atoms. The molecule has 0 saturated carbocycles. The highest BCUT2D eigenvalue weighted by Crippen LogP contribution is 2.27. The smallest absolute Gasteiger partial charge is 0.406 e. The number of nitrogens with one attached hydrogen (secondary N) is 2. The average Bonchev–Trinajstić information content (AvgIpc) is 3.08. The van der Waals surface area contributed by atoms with E-state index in [2.05, 4.69) is 25.5 Å². The van der Waals surface area contributed by atoms with Crippen LogP contribution in [0.3, 0.4) is 0 Å². The molecular formula is C20H20F3N5O3. The Bertz CT molecular complexity index is 1110. The van der Waals surface area contributed by atoms with E-state index in [1.165, 1.54) is 32.2 Å². The minimum Gasteiger partial charge on any atom is -0.406 e. The van der Waals surface area contributed by atoms with Crippen molar-refractivity contribution in [3.8, 4) is 5.75 Å². The van der Waals surface area contributed by atoms with Crippen LogP contribution in [0.25, 0.3) is 10.9 Å². The van der Waals surface area contributed by atoms with Gasteiger partial charge in [0.25, 0.3) is 5.91 Å². The van der Waals surface area contributed by atoms with Gasteiger partial charge in [-0.1, -0.05) is 12.1 Å². The average molecular weight is 435 g/mol. The molecule has 0 aliphatic rings. The molecule has 0 aliphatic heterocycles. The van der Waals surface area contributed by atoms with Crippen LogP contribution in [0.15, 0.2) is 36.7 Å². The molecule has 1 aromatic carbocycles. The van der Waals surface area contributed by atoms with Gasteiger partial charge in [0.05, 0.1) is 17.4 Å². The molecule has 31 heavy (non-hydrogen) atoms. The van der Waals surface area contributed by atoms with Crippen molar-refractivity contribution in [2.24, 2.45) is 0 Å². The van der Waals surface area contributed by atoms with Crippen LogP contribution in [0.2, 0.25) is 0 Å². The van der Waals surface area contributed by atoms with E-state index in [0.29, 0.717) is 28.6 Å². The van der Waals surface area contributed by atoms with Gasteiger partial charge < -0.3 is 15.4 Å². The Balaban J connectivity index is 1.74. The van der Waals surface area contributed by atoms with Gasteiger partial charge in [-0.15, -0.1) is 13.2 Å². The highest BCUT2D eigenvalue weighted by molar-refractivity contribution is 6.04. The summed E-state index contributed by atoms with van der Waals surface area (Å²) in [6.45, 7) is 3.74. The molecule has 0 atom stereocenters. The van der Waals surface area contributed by atoms with Crippen molar-refractivity contribution in [2.45, 2.75) is 26.8 Å². The summed E-state index contributed by atoms with van der Waals surface area (Å²) in [5.74, 6) is -0.853. The highest BCUT2D eigenvalue weighted by Gasteiger charge is 2.31. The number of aromatic nitrogens is 3. The van der Waals surface area contributed by atoms with Crippen LogP contribution in [0.5, 0.6) is 5.75 Å². The van der Waals surface area contributed by atoms with E-state index < -0.39 is 12.3 Å². The third-order valence-corrected chi connectivity index (χ3v) is 4.29. The lowest BCUT2D eigenvalue weighted by atomic mass is 10.1. The maximum absolute atomic E-state index is 12.4. The molecule has 2 N–H and O–H groups in total. The molecule has 8 nitrogen and oxygen atoms in total. The van der Waals surface area contributed by atoms with Crippen LogP contribution in [-0.4, -0.2) is 46.0 Å². The van der Waals surface area contributed by atoms with E-state index in [-0.39, 0.29) is 30.4 Å². The fourth-order valence-electron chi connectivity index (χ4n) is 2.99. The number of alkyl halides is 3. The van der Waals surface area contributed by atoms with Crippen molar-refractivity contribution in [3.05, 3.63) is 53.5 Å². The summed E-state index contributed by atoms with van der Waals surface area (Å²) in [7, 11) is 0. The number of hydrogen-bond donors (Lipinski definition) is 2. The standard InChI is InChI=1S/C20H20F3N5O3/c1-12-9-14(3-4-17(12)31-20(21,22)23)10-28-11-15-16(27-28)5-6-25-18(15)19(30)26-8-7-24-13(2)29/h3-6,9,11H,7-8,10H2,1-2H3,(H,24,29)(H,26,30). The number of pyridine rings is 1. The molecule has 0 fully saturated rings. The van der Waals surface area contributed by atoms with Gasteiger partial charge in [-0.2, -0.15) is 5.10 Å². The van der Waals surface area contributed by atoms with Crippen LogP contribution in [0, 0.1) is 6.92 Å². The van der Waals surface area contributed by atoms with Crippen molar-refractivity contribution < 1.29 is 27.5 Å². The van der Waals surface area contributed by atoms with Crippen molar-refractivity contribution in [1.29, 1.82) is 0 Å². The normalized spacial score (nSPS) is 11.4. The molecule has 0 bridgehead atoms. The minimum atomic E-state index is -4.75. The predicted molar refractivity (Wildman–Crippen MR) is 106 cm³/mol. The summed E-state index contributed by atoms with van der Waals surface area (Å²) >= 11 is 0. The lowest BCUT2D eigenvalue weighted by Crippen LogP contribution is -2.34. The Labute approximate surface area is 175 Å². The van der Waals surface area contributed by atoms with Gasteiger partial charge in [-0.25, -0.2) is 0 Å². The van der Waals surface area contributed by atoms with Gasteiger partial charge in [0.15, 0.2) is 0 Å². The molecule has 2 amide bonds.